The van der Waals surface area contributed by atoms with Crippen molar-refractivity contribution in [2.45, 2.75) is 45.2 Å². The number of furan rings is 1. The van der Waals surface area contributed by atoms with Crippen LogP contribution in [0.25, 0.3) is 0 Å². The summed E-state index contributed by atoms with van der Waals surface area (Å²) >= 11 is 0. The molecule has 18 heavy (non-hydrogen) atoms. The molecule has 0 saturated heterocycles. The average Bonchev–Trinajstić information content (AvgIpc) is 2.84. The van der Waals surface area contributed by atoms with Crippen LogP contribution in [0.2, 0.25) is 0 Å². The van der Waals surface area contributed by atoms with Gasteiger partial charge in [0.25, 0.3) is 0 Å². The third-order valence-corrected chi connectivity index (χ3v) is 4.03. The van der Waals surface area contributed by atoms with Crippen molar-refractivity contribution in [2.24, 2.45) is 5.92 Å². The monoisotopic (exact) mass is 251 g/mol. The van der Waals surface area contributed by atoms with E-state index >= 15 is 0 Å². The van der Waals surface area contributed by atoms with Crippen molar-refractivity contribution in [1.82, 2.24) is 4.90 Å². The fourth-order valence-corrected chi connectivity index (χ4v) is 1.99. The second-order valence-electron chi connectivity index (χ2n) is 5.84. The number of rotatable bonds is 5. The third-order valence-electron chi connectivity index (χ3n) is 4.03. The van der Waals surface area contributed by atoms with Crippen molar-refractivity contribution in [3.8, 4) is 0 Å². The van der Waals surface area contributed by atoms with Gasteiger partial charge in [-0.15, -0.1) is 0 Å². The predicted octanol–water partition coefficient (Wildman–Crippen LogP) is 2.70. The van der Waals surface area contributed by atoms with E-state index in [2.05, 4.69) is 6.92 Å². The topological polar surface area (TPSA) is 53.7 Å². The summed E-state index contributed by atoms with van der Waals surface area (Å²) in [6.45, 7) is 6.12. The molecule has 1 aliphatic rings. The van der Waals surface area contributed by atoms with Crippen molar-refractivity contribution in [3.63, 3.8) is 0 Å². The molecule has 2 unspecified atom stereocenters. The molecule has 2 atom stereocenters. The van der Waals surface area contributed by atoms with Crippen LogP contribution in [0.15, 0.2) is 16.5 Å². The maximum Gasteiger partial charge on any atom is 0.323 e. The Morgan fingerprint density at radius 3 is 2.67 bits per heavy atom. The molecule has 0 amide bonds. The summed E-state index contributed by atoms with van der Waals surface area (Å²) in [5.74, 6) is 2.33. The molecule has 1 aliphatic carbocycles. The number of aliphatic carboxylic acids is 1. The first-order valence-corrected chi connectivity index (χ1v) is 6.35. The number of carboxylic acid groups (broad SMARTS) is 1. The van der Waals surface area contributed by atoms with Crippen LogP contribution in [-0.2, 0) is 11.3 Å². The first-order chi connectivity index (χ1) is 8.32. The normalized spacial score (nSPS) is 23.4. The number of likely N-dealkylation sites (N-methyl/N-ethyl adjacent to an activating group) is 1. The summed E-state index contributed by atoms with van der Waals surface area (Å²) < 4.78 is 5.79. The third kappa shape index (κ3) is 2.43. The number of hydrogen-bond donors (Lipinski definition) is 1. The first-order valence-electron chi connectivity index (χ1n) is 6.35. The van der Waals surface area contributed by atoms with Gasteiger partial charge in [0.2, 0.25) is 0 Å². The van der Waals surface area contributed by atoms with Gasteiger partial charge in [0.05, 0.1) is 6.54 Å². The average molecular weight is 251 g/mol. The molecule has 0 bridgehead atoms. The molecule has 1 saturated carbocycles. The van der Waals surface area contributed by atoms with E-state index in [9.17, 15) is 4.79 Å². The van der Waals surface area contributed by atoms with Crippen molar-refractivity contribution in [2.75, 3.05) is 7.05 Å². The zero-order valence-electron chi connectivity index (χ0n) is 11.4. The van der Waals surface area contributed by atoms with E-state index in [0.717, 1.165) is 17.4 Å². The molecule has 1 heterocycles. The highest BCUT2D eigenvalue weighted by atomic mass is 16.4. The second-order valence-corrected chi connectivity index (χ2v) is 5.84. The Kier molecular flexibility index (Phi) is 3.23. The highest BCUT2D eigenvalue weighted by Crippen LogP contribution is 2.47. The number of carboxylic acids is 1. The molecular formula is C14H21NO3. The molecule has 0 spiro atoms. The van der Waals surface area contributed by atoms with Gasteiger partial charge >= 0.3 is 5.97 Å². The summed E-state index contributed by atoms with van der Waals surface area (Å²) in [5, 5.41) is 9.16. The van der Waals surface area contributed by atoms with Crippen LogP contribution in [0.3, 0.4) is 0 Å². The van der Waals surface area contributed by atoms with Crippen molar-refractivity contribution in [3.05, 3.63) is 23.7 Å². The zero-order chi connectivity index (χ0) is 13.5. The molecule has 1 fully saturated rings. The Balaban J connectivity index is 2.01. The second kappa shape index (κ2) is 4.43. The van der Waals surface area contributed by atoms with Crippen LogP contribution >= 0.6 is 0 Å². The molecule has 1 aromatic heterocycles. The van der Waals surface area contributed by atoms with Gasteiger partial charge in [0, 0.05) is 5.92 Å². The highest BCUT2D eigenvalue weighted by Gasteiger charge is 2.37. The van der Waals surface area contributed by atoms with Gasteiger partial charge in [-0.25, -0.2) is 0 Å². The number of nitrogens with zero attached hydrogens (tertiary/aromatic N) is 1. The van der Waals surface area contributed by atoms with E-state index < -0.39 is 11.5 Å². The van der Waals surface area contributed by atoms with Crippen LogP contribution in [0.5, 0.6) is 0 Å². The molecule has 0 aliphatic heterocycles. The summed E-state index contributed by atoms with van der Waals surface area (Å²) in [7, 11) is 1.80. The van der Waals surface area contributed by atoms with Crippen LogP contribution in [0.1, 0.15) is 44.6 Å². The summed E-state index contributed by atoms with van der Waals surface area (Å²) in [4.78, 5) is 12.9. The molecular weight excluding hydrogens is 230 g/mol. The number of hydrogen-bond acceptors (Lipinski definition) is 3. The lowest BCUT2D eigenvalue weighted by Gasteiger charge is -2.30. The van der Waals surface area contributed by atoms with E-state index in [4.69, 9.17) is 9.52 Å². The molecule has 4 heteroatoms. The Bertz CT molecular complexity index is 450. The number of carbonyl (C=O) groups is 1. The highest BCUT2D eigenvalue weighted by molar-refractivity contribution is 5.77. The standard InChI is InChI=1S/C14H21NO3/c1-9-7-11(9)12-6-5-10(18-12)8-15(4)14(2,3)13(16)17/h5-6,9,11H,7-8H2,1-4H3,(H,16,17). The van der Waals surface area contributed by atoms with Crippen LogP contribution in [0, 0.1) is 5.92 Å². The van der Waals surface area contributed by atoms with Crippen molar-refractivity contribution in [1.29, 1.82) is 0 Å². The maximum atomic E-state index is 11.1. The fourth-order valence-electron chi connectivity index (χ4n) is 1.99. The maximum absolute atomic E-state index is 11.1. The van der Waals surface area contributed by atoms with E-state index in [1.54, 1.807) is 25.8 Å². The van der Waals surface area contributed by atoms with Crippen molar-refractivity contribution < 1.29 is 14.3 Å². The van der Waals surface area contributed by atoms with E-state index in [-0.39, 0.29) is 0 Å². The molecule has 1 aromatic rings. The predicted molar refractivity (Wildman–Crippen MR) is 68.4 cm³/mol. The molecule has 0 aromatic carbocycles. The minimum atomic E-state index is -0.889. The van der Waals surface area contributed by atoms with Crippen LogP contribution < -0.4 is 0 Å². The van der Waals surface area contributed by atoms with Gasteiger partial charge in [0.15, 0.2) is 0 Å². The Morgan fingerprint density at radius 2 is 2.17 bits per heavy atom. The lowest BCUT2D eigenvalue weighted by Crippen LogP contribution is -2.47. The molecule has 100 valence electrons. The fraction of sp³-hybridized carbons (Fsp3) is 0.643. The minimum absolute atomic E-state index is 0.514. The molecule has 4 nitrogen and oxygen atoms in total. The van der Waals surface area contributed by atoms with Gasteiger partial charge in [-0.2, -0.15) is 0 Å². The molecule has 1 N–H and O–H groups in total. The van der Waals surface area contributed by atoms with Crippen LogP contribution in [-0.4, -0.2) is 28.6 Å². The lowest BCUT2D eigenvalue weighted by molar-refractivity contribution is -0.148. The molecule has 0 radical (unpaired) electrons. The quantitative estimate of drug-likeness (QED) is 0.874. The van der Waals surface area contributed by atoms with E-state index in [0.29, 0.717) is 12.5 Å². The first kappa shape index (κ1) is 13.1. The Labute approximate surface area is 108 Å². The zero-order valence-corrected chi connectivity index (χ0v) is 11.4. The van der Waals surface area contributed by atoms with Crippen molar-refractivity contribution >= 4 is 5.97 Å². The lowest BCUT2D eigenvalue weighted by atomic mass is 10.0. The smallest absolute Gasteiger partial charge is 0.323 e. The van der Waals surface area contributed by atoms with E-state index in [1.807, 2.05) is 12.1 Å². The van der Waals surface area contributed by atoms with Gasteiger partial charge in [-0.05, 0) is 45.4 Å². The Morgan fingerprint density at radius 1 is 1.56 bits per heavy atom. The SMILES string of the molecule is CC1CC1c1ccc(CN(C)C(C)(C)C(=O)O)o1. The summed E-state index contributed by atoms with van der Waals surface area (Å²) in [6, 6.07) is 3.97. The molecule has 2 rings (SSSR count). The van der Waals surface area contributed by atoms with Gasteiger partial charge in [-0.3, -0.25) is 9.69 Å². The van der Waals surface area contributed by atoms with Gasteiger partial charge < -0.3 is 9.52 Å². The summed E-state index contributed by atoms with van der Waals surface area (Å²) in [6.07, 6.45) is 1.20. The summed E-state index contributed by atoms with van der Waals surface area (Å²) in [5.41, 5.74) is -0.889. The Hall–Kier alpha value is -1.29. The largest absolute Gasteiger partial charge is 0.480 e. The van der Waals surface area contributed by atoms with Gasteiger partial charge in [0.1, 0.15) is 17.1 Å². The minimum Gasteiger partial charge on any atom is -0.480 e. The van der Waals surface area contributed by atoms with Crippen LogP contribution in [0.4, 0.5) is 0 Å². The van der Waals surface area contributed by atoms with Gasteiger partial charge in [-0.1, -0.05) is 6.92 Å². The van der Waals surface area contributed by atoms with E-state index in [1.165, 1.54) is 6.42 Å².